The molecule has 0 spiro atoms. The Kier molecular flexibility index (Phi) is 3.17. The summed E-state index contributed by atoms with van der Waals surface area (Å²) < 4.78 is 0. The maximum atomic E-state index is 12.8. The lowest BCUT2D eigenvalue weighted by molar-refractivity contribution is -0.136. The smallest absolute Gasteiger partial charge is 0.264 e. The molecule has 4 N–H and O–H groups in total. The van der Waals surface area contributed by atoms with Crippen LogP contribution in [-0.2, 0) is 22.6 Å². The van der Waals surface area contributed by atoms with Gasteiger partial charge in [-0.1, -0.05) is 0 Å². The Hall–Kier alpha value is -2.74. The Labute approximate surface area is 137 Å². The molecule has 24 heavy (non-hydrogen) atoms. The van der Waals surface area contributed by atoms with Crippen molar-refractivity contribution < 1.29 is 19.2 Å². The number of carbonyl (C=O) groups is 4. The van der Waals surface area contributed by atoms with Crippen molar-refractivity contribution in [2.45, 2.75) is 31.8 Å². The third kappa shape index (κ3) is 1.96. The number of carbonyl (C=O) groups excluding carboxylic acids is 4. The number of fused-ring (bicyclic) bond motifs is 2. The monoisotopic (exact) mass is 328 g/mol. The van der Waals surface area contributed by atoms with Gasteiger partial charge in [-0.15, -0.1) is 0 Å². The molecule has 1 unspecified atom stereocenters. The van der Waals surface area contributed by atoms with Gasteiger partial charge in [-0.05, 0) is 36.6 Å². The zero-order chi connectivity index (χ0) is 17.0. The Morgan fingerprint density at radius 1 is 1.12 bits per heavy atom. The lowest BCUT2D eigenvalue weighted by Crippen LogP contribution is -2.54. The molecule has 0 aromatic heterocycles. The summed E-state index contributed by atoms with van der Waals surface area (Å²) in [6.07, 6.45) is 0.962. The number of nitrogen functional groups attached to an aromatic ring is 1. The number of nitrogens with zero attached hydrogens (tertiary/aromatic N) is 1. The van der Waals surface area contributed by atoms with Crippen molar-refractivity contribution in [3.8, 4) is 0 Å². The molecule has 124 valence electrons. The molecule has 8 heteroatoms. The van der Waals surface area contributed by atoms with E-state index in [9.17, 15) is 19.2 Å². The van der Waals surface area contributed by atoms with Crippen LogP contribution in [0.1, 0.15) is 44.7 Å². The van der Waals surface area contributed by atoms with Crippen molar-refractivity contribution >= 4 is 29.3 Å². The van der Waals surface area contributed by atoms with Crippen LogP contribution in [0.25, 0.3) is 0 Å². The molecule has 4 rings (SSSR count). The van der Waals surface area contributed by atoms with E-state index in [-0.39, 0.29) is 24.0 Å². The Morgan fingerprint density at radius 3 is 2.67 bits per heavy atom. The molecule has 4 amide bonds. The minimum Gasteiger partial charge on any atom is -0.398 e. The van der Waals surface area contributed by atoms with Crippen LogP contribution in [0.3, 0.4) is 0 Å². The molecule has 3 aliphatic rings. The standard InChI is InChI=1S/C16H16N4O4/c17-13-9-6-18-4-3-7(9)5-8-12(13)16(24)20(15(8)23)10-1-2-11(21)19-14(10)22/h5,10,18H,1-4,6,17H2,(H,19,21,22). The fraction of sp³-hybridized carbons (Fsp3) is 0.375. The second-order valence-corrected chi connectivity index (χ2v) is 6.22. The summed E-state index contributed by atoms with van der Waals surface area (Å²) in [5.74, 6) is -2.09. The van der Waals surface area contributed by atoms with E-state index in [1.54, 1.807) is 6.07 Å². The molecule has 1 saturated heterocycles. The number of benzene rings is 1. The van der Waals surface area contributed by atoms with E-state index >= 15 is 0 Å². The molecule has 1 aromatic rings. The van der Waals surface area contributed by atoms with Gasteiger partial charge in [0.15, 0.2) is 0 Å². The first-order valence-corrected chi connectivity index (χ1v) is 7.85. The van der Waals surface area contributed by atoms with E-state index in [4.69, 9.17) is 5.73 Å². The van der Waals surface area contributed by atoms with Crippen LogP contribution in [0.2, 0.25) is 0 Å². The maximum absolute atomic E-state index is 12.8. The third-order valence-electron chi connectivity index (χ3n) is 4.85. The molecule has 1 atom stereocenters. The van der Waals surface area contributed by atoms with Crippen molar-refractivity contribution in [1.29, 1.82) is 0 Å². The van der Waals surface area contributed by atoms with Crippen molar-refractivity contribution in [1.82, 2.24) is 15.5 Å². The largest absolute Gasteiger partial charge is 0.398 e. The lowest BCUT2D eigenvalue weighted by Gasteiger charge is -2.27. The van der Waals surface area contributed by atoms with E-state index in [1.807, 2.05) is 0 Å². The normalized spacial score (nSPS) is 23.2. The van der Waals surface area contributed by atoms with Gasteiger partial charge >= 0.3 is 0 Å². The summed E-state index contributed by atoms with van der Waals surface area (Å²) in [6, 6.07) is 0.748. The molecule has 0 saturated carbocycles. The molecule has 1 aromatic carbocycles. The van der Waals surface area contributed by atoms with E-state index < -0.39 is 29.7 Å². The van der Waals surface area contributed by atoms with Crippen LogP contribution in [0, 0.1) is 0 Å². The quantitative estimate of drug-likeness (QED) is 0.464. The van der Waals surface area contributed by atoms with Crippen molar-refractivity contribution in [3.05, 3.63) is 28.3 Å². The van der Waals surface area contributed by atoms with E-state index in [0.29, 0.717) is 12.2 Å². The topological polar surface area (TPSA) is 122 Å². The molecule has 0 aliphatic carbocycles. The predicted molar refractivity (Wildman–Crippen MR) is 82.9 cm³/mol. The number of piperidine rings is 1. The van der Waals surface area contributed by atoms with E-state index in [1.165, 1.54) is 0 Å². The molecular weight excluding hydrogens is 312 g/mol. The number of anilines is 1. The molecular formula is C16H16N4O4. The number of amides is 4. The van der Waals surface area contributed by atoms with Gasteiger partial charge < -0.3 is 11.1 Å². The molecule has 3 heterocycles. The van der Waals surface area contributed by atoms with E-state index in [0.717, 1.165) is 29.0 Å². The first-order valence-electron chi connectivity index (χ1n) is 7.85. The molecule has 8 nitrogen and oxygen atoms in total. The highest BCUT2D eigenvalue weighted by Crippen LogP contribution is 2.35. The molecule has 1 fully saturated rings. The third-order valence-corrected chi connectivity index (χ3v) is 4.85. The second kappa shape index (κ2) is 5.13. The van der Waals surface area contributed by atoms with Gasteiger partial charge in [0.05, 0.1) is 11.1 Å². The fourth-order valence-electron chi connectivity index (χ4n) is 3.62. The summed E-state index contributed by atoms with van der Waals surface area (Å²) >= 11 is 0. The van der Waals surface area contributed by atoms with E-state index in [2.05, 4.69) is 10.6 Å². The van der Waals surface area contributed by atoms with Crippen LogP contribution in [0.15, 0.2) is 6.07 Å². The second-order valence-electron chi connectivity index (χ2n) is 6.22. The average Bonchev–Trinajstić information content (AvgIpc) is 2.80. The summed E-state index contributed by atoms with van der Waals surface area (Å²) in [7, 11) is 0. The summed E-state index contributed by atoms with van der Waals surface area (Å²) in [5, 5.41) is 5.37. The summed E-state index contributed by atoms with van der Waals surface area (Å²) in [4.78, 5) is 49.8. The van der Waals surface area contributed by atoms with Crippen molar-refractivity contribution in [3.63, 3.8) is 0 Å². The number of rotatable bonds is 1. The fourth-order valence-corrected chi connectivity index (χ4v) is 3.62. The number of imide groups is 2. The SMILES string of the molecule is Nc1c2c(cc3c1C(=O)N(C1CCC(=O)NC1=O)C3=O)CCNC2. The first-order chi connectivity index (χ1) is 11.5. The van der Waals surface area contributed by atoms with Gasteiger partial charge in [-0.25, -0.2) is 0 Å². The average molecular weight is 328 g/mol. The Balaban J connectivity index is 1.77. The minimum atomic E-state index is -0.968. The van der Waals surface area contributed by atoms with Gasteiger partial charge in [-0.2, -0.15) is 0 Å². The summed E-state index contributed by atoms with van der Waals surface area (Å²) in [5.41, 5.74) is 8.69. The number of hydrogen-bond donors (Lipinski definition) is 3. The zero-order valence-corrected chi connectivity index (χ0v) is 12.8. The van der Waals surface area contributed by atoms with Gasteiger partial charge in [0.2, 0.25) is 11.8 Å². The summed E-state index contributed by atoms with van der Waals surface area (Å²) in [6.45, 7) is 1.33. The van der Waals surface area contributed by atoms with Crippen LogP contribution < -0.4 is 16.4 Å². The Morgan fingerprint density at radius 2 is 1.92 bits per heavy atom. The van der Waals surface area contributed by atoms with Crippen LogP contribution in [0.5, 0.6) is 0 Å². The maximum Gasteiger partial charge on any atom is 0.264 e. The lowest BCUT2D eigenvalue weighted by atomic mass is 9.93. The first kappa shape index (κ1) is 14.8. The van der Waals surface area contributed by atoms with Crippen LogP contribution in [0.4, 0.5) is 5.69 Å². The van der Waals surface area contributed by atoms with Crippen LogP contribution >= 0.6 is 0 Å². The zero-order valence-electron chi connectivity index (χ0n) is 12.8. The minimum absolute atomic E-state index is 0.0969. The van der Waals surface area contributed by atoms with Gasteiger partial charge in [0.25, 0.3) is 11.8 Å². The number of hydrogen-bond acceptors (Lipinski definition) is 6. The van der Waals surface area contributed by atoms with Gasteiger partial charge in [0.1, 0.15) is 6.04 Å². The highest BCUT2D eigenvalue weighted by atomic mass is 16.2. The highest BCUT2D eigenvalue weighted by molar-refractivity contribution is 6.25. The van der Waals surface area contributed by atoms with Crippen LogP contribution in [-0.4, -0.2) is 41.1 Å². The van der Waals surface area contributed by atoms with Crippen molar-refractivity contribution in [2.24, 2.45) is 0 Å². The Bertz CT molecular complexity index is 817. The number of nitrogens with one attached hydrogen (secondary N) is 2. The molecule has 0 radical (unpaired) electrons. The highest BCUT2D eigenvalue weighted by Gasteiger charge is 2.46. The van der Waals surface area contributed by atoms with Gasteiger partial charge in [0, 0.05) is 18.7 Å². The molecule has 3 aliphatic heterocycles. The van der Waals surface area contributed by atoms with Gasteiger partial charge in [-0.3, -0.25) is 29.4 Å². The predicted octanol–water partition coefficient (Wildman–Crippen LogP) is -0.684. The number of nitrogens with two attached hydrogens (primary N) is 1. The van der Waals surface area contributed by atoms with Crippen molar-refractivity contribution in [2.75, 3.05) is 12.3 Å². The molecule has 0 bridgehead atoms.